The molecule has 0 bridgehead atoms. The fourth-order valence-corrected chi connectivity index (χ4v) is 3.10. The van der Waals surface area contributed by atoms with E-state index >= 15 is 0 Å². The van der Waals surface area contributed by atoms with Gasteiger partial charge in [0.2, 0.25) is 0 Å². The van der Waals surface area contributed by atoms with Gasteiger partial charge < -0.3 is 4.79 Å². The first-order valence-corrected chi connectivity index (χ1v) is 7.68. The minimum Gasteiger partial charge on any atom is -0.300 e. The van der Waals surface area contributed by atoms with E-state index < -0.39 is 0 Å². The molecule has 1 saturated carbocycles. The van der Waals surface area contributed by atoms with Gasteiger partial charge >= 0.3 is 0 Å². The van der Waals surface area contributed by atoms with Crippen molar-refractivity contribution in [3.05, 3.63) is 0 Å². The molecule has 0 N–H and O–H groups in total. The van der Waals surface area contributed by atoms with E-state index in [1.165, 1.54) is 57.8 Å². The lowest BCUT2D eigenvalue weighted by Gasteiger charge is -2.08. The van der Waals surface area contributed by atoms with E-state index in [4.69, 9.17) is 0 Å². The quantitative estimate of drug-likeness (QED) is 0.509. The van der Waals surface area contributed by atoms with Gasteiger partial charge in [0, 0.05) is 6.42 Å². The van der Waals surface area contributed by atoms with Gasteiger partial charge in [0.1, 0.15) is 5.78 Å². The molecule has 1 heteroatoms. The summed E-state index contributed by atoms with van der Waals surface area (Å²) in [7, 11) is 0. The molecule has 0 spiro atoms. The van der Waals surface area contributed by atoms with E-state index in [2.05, 4.69) is 6.92 Å². The molecular weight excluding hydrogens is 208 g/mol. The number of carbonyl (C=O) groups excluding carboxylic acids is 1. The van der Waals surface area contributed by atoms with E-state index in [-0.39, 0.29) is 0 Å². The molecule has 0 radical (unpaired) electrons. The van der Waals surface area contributed by atoms with E-state index in [1.807, 2.05) is 0 Å². The van der Waals surface area contributed by atoms with Gasteiger partial charge in [-0.05, 0) is 31.6 Å². The molecule has 0 aromatic carbocycles. The number of Topliss-reactive ketones (excluding diaryl/α,β-unsaturated/α-hetero) is 1. The Hall–Kier alpha value is -0.330. The Kier molecular flexibility index (Phi) is 7.55. The van der Waals surface area contributed by atoms with Crippen LogP contribution in [0, 0.1) is 11.8 Å². The predicted octanol–water partition coefficient (Wildman–Crippen LogP) is 5.13. The third-order valence-corrected chi connectivity index (χ3v) is 4.19. The van der Waals surface area contributed by atoms with Crippen molar-refractivity contribution >= 4 is 5.78 Å². The first kappa shape index (κ1) is 14.7. The average Bonchev–Trinajstić information content (AvgIpc) is 2.68. The predicted molar refractivity (Wildman–Crippen MR) is 74.1 cm³/mol. The summed E-state index contributed by atoms with van der Waals surface area (Å²) in [4.78, 5) is 10.8. The lowest BCUT2D eigenvalue weighted by atomic mass is 9.98. The fraction of sp³-hybridized carbons (Fsp3) is 0.938. The summed E-state index contributed by atoms with van der Waals surface area (Å²) >= 11 is 0. The highest BCUT2D eigenvalue weighted by atomic mass is 16.1. The number of carbonyl (C=O) groups is 1. The first-order valence-electron chi connectivity index (χ1n) is 7.68. The number of rotatable bonds is 9. The van der Waals surface area contributed by atoms with Gasteiger partial charge in [0.25, 0.3) is 0 Å². The van der Waals surface area contributed by atoms with Crippen LogP contribution in [0.3, 0.4) is 0 Å². The molecular formula is C16H30O. The Bertz CT molecular complexity index is 210. The van der Waals surface area contributed by atoms with Crippen LogP contribution in [-0.2, 0) is 4.79 Å². The van der Waals surface area contributed by atoms with Crippen LogP contribution >= 0.6 is 0 Å². The molecule has 1 rings (SSSR count). The molecule has 17 heavy (non-hydrogen) atoms. The van der Waals surface area contributed by atoms with E-state index in [9.17, 15) is 4.79 Å². The summed E-state index contributed by atoms with van der Waals surface area (Å²) in [5.41, 5.74) is 0. The van der Waals surface area contributed by atoms with E-state index in [0.29, 0.717) is 5.78 Å². The van der Waals surface area contributed by atoms with E-state index in [1.54, 1.807) is 6.92 Å². The van der Waals surface area contributed by atoms with Gasteiger partial charge in [0.15, 0.2) is 0 Å². The highest BCUT2D eigenvalue weighted by Gasteiger charge is 2.20. The molecule has 0 aliphatic heterocycles. The van der Waals surface area contributed by atoms with Crippen molar-refractivity contribution in [2.24, 2.45) is 11.8 Å². The molecule has 1 aliphatic carbocycles. The standard InChI is InChI=1S/C16H30O/c1-14-11-12-16(13-14)10-8-6-4-3-5-7-9-15(2)17/h14,16H,3-13H2,1-2H3. The summed E-state index contributed by atoms with van der Waals surface area (Å²) in [5.74, 6) is 2.38. The Morgan fingerprint density at radius 2 is 1.65 bits per heavy atom. The zero-order chi connectivity index (χ0) is 12.5. The van der Waals surface area contributed by atoms with Crippen molar-refractivity contribution in [2.75, 3.05) is 0 Å². The Morgan fingerprint density at radius 1 is 1.00 bits per heavy atom. The highest BCUT2D eigenvalue weighted by Crippen LogP contribution is 2.33. The van der Waals surface area contributed by atoms with Crippen LogP contribution < -0.4 is 0 Å². The monoisotopic (exact) mass is 238 g/mol. The molecule has 1 nitrogen and oxygen atoms in total. The summed E-state index contributed by atoms with van der Waals surface area (Å²) < 4.78 is 0. The molecule has 0 heterocycles. The maximum absolute atomic E-state index is 10.8. The van der Waals surface area contributed by atoms with Crippen molar-refractivity contribution in [2.45, 2.75) is 84.5 Å². The van der Waals surface area contributed by atoms with Gasteiger partial charge in [-0.2, -0.15) is 0 Å². The second-order valence-electron chi connectivity index (χ2n) is 6.15. The van der Waals surface area contributed by atoms with Gasteiger partial charge in [-0.3, -0.25) is 0 Å². The molecule has 2 atom stereocenters. The summed E-state index contributed by atoms with van der Waals surface area (Å²) in [6.45, 7) is 4.09. The molecule has 0 aromatic rings. The normalized spacial score (nSPS) is 24.1. The molecule has 2 unspecified atom stereocenters. The van der Waals surface area contributed by atoms with Gasteiger partial charge in [0.05, 0.1) is 0 Å². The number of ketones is 1. The smallest absolute Gasteiger partial charge is 0.129 e. The fourth-order valence-electron chi connectivity index (χ4n) is 3.10. The molecule has 1 fully saturated rings. The van der Waals surface area contributed by atoms with Crippen molar-refractivity contribution in [1.29, 1.82) is 0 Å². The van der Waals surface area contributed by atoms with Crippen molar-refractivity contribution < 1.29 is 4.79 Å². The van der Waals surface area contributed by atoms with Gasteiger partial charge in [-0.1, -0.05) is 58.3 Å². The Balaban J connectivity index is 1.80. The SMILES string of the molecule is CC(=O)CCCCCCCCC1CCC(C)C1. The summed E-state index contributed by atoms with van der Waals surface area (Å²) in [5, 5.41) is 0. The molecule has 1 aliphatic rings. The van der Waals surface area contributed by atoms with Crippen LogP contribution in [0.4, 0.5) is 0 Å². The second-order valence-corrected chi connectivity index (χ2v) is 6.15. The lowest BCUT2D eigenvalue weighted by Crippen LogP contribution is -1.94. The van der Waals surface area contributed by atoms with Crippen LogP contribution in [-0.4, -0.2) is 5.78 Å². The molecule has 0 aromatic heterocycles. The number of unbranched alkanes of at least 4 members (excludes halogenated alkanes) is 5. The first-order chi connectivity index (χ1) is 8.18. The van der Waals surface area contributed by atoms with Crippen LogP contribution in [0.15, 0.2) is 0 Å². The molecule has 0 amide bonds. The minimum absolute atomic E-state index is 0.348. The van der Waals surface area contributed by atoms with Crippen LogP contribution in [0.5, 0.6) is 0 Å². The molecule has 0 saturated heterocycles. The topological polar surface area (TPSA) is 17.1 Å². The highest BCUT2D eigenvalue weighted by molar-refractivity contribution is 5.75. The van der Waals surface area contributed by atoms with Gasteiger partial charge in [-0.15, -0.1) is 0 Å². The second kappa shape index (κ2) is 8.72. The molecule has 100 valence electrons. The third-order valence-electron chi connectivity index (χ3n) is 4.19. The zero-order valence-corrected chi connectivity index (χ0v) is 11.8. The number of hydrogen-bond acceptors (Lipinski definition) is 1. The largest absolute Gasteiger partial charge is 0.300 e. The zero-order valence-electron chi connectivity index (χ0n) is 11.8. The Morgan fingerprint density at radius 3 is 2.24 bits per heavy atom. The van der Waals surface area contributed by atoms with Crippen molar-refractivity contribution in [3.8, 4) is 0 Å². The van der Waals surface area contributed by atoms with Gasteiger partial charge in [-0.25, -0.2) is 0 Å². The van der Waals surface area contributed by atoms with Crippen LogP contribution in [0.1, 0.15) is 84.5 Å². The third kappa shape index (κ3) is 7.57. The van der Waals surface area contributed by atoms with Crippen LogP contribution in [0.25, 0.3) is 0 Å². The van der Waals surface area contributed by atoms with Crippen molar-refractivity contribution in [3.63, 3.8) is 0 Å². The Labute approximate surface area is 107 Å². The average molecular weight is 238 g/mol. The lowest BCUT2D eigenvalue weighted by molar-refractivity contribution is -0.117. The maximum atomic E-state index is 10.8. The van der Waals surface area contributed by atoms with Crippen LogP contribution in [0.2, 0.25) is 0 Å². The van der Waals surface area contributed by atoms with E-state index in [0.717, 1.165) is 24.7 Å². The summed E-state index contributed by atoms with van der Waals surface area (Å²) in [6.07, 6.45) is 14.6. The van der Waals surface area contributed by atoms with Crippen molar-refractivity contribution in [1.82, 2.24) is 0 Å². The minimum atomic E-state index is 0.348. The number of hydrogen-bond donors (Lipinski definition) is 0. The maximum Gasteiger partial charge on any atom is 0.129 e. The summed E-state index contributed by atoms with van der Waals surface area (Å²) in [6, 6.07) is 0.